The van der Waals surface area contributed by atoms with E-state index in [4.69, 9.17) is 14.6 Å². The number of nitrogens with zero attached hydrogens (tertiary/aromatic N) is 2. The van der Waals surface area contributed by atoms with Gasteiger partial charge in [0, 0.05) is 0 Å². The van der Waals surface area contributed by atoms with Gasteiger partial charge in [-0.2, -0.15) is 5.10 Å². The van der Waals surface area contributed by atoms with E-state index in [0.29, 0.717) is 13.2 Å². The summed E-state index contributed by atoms with van der Waals surface area (Å²) in [5.41, 5.74) is 2.80. The SMILES string of the molecule is c1ccc(C(c2ccccc2)(c2ccccc2)n2cc(OC3COC3)cn2)cc1. The lowest BCUT2D eigenvalue weighted by atomic mass is 9.77. The Labute approximate surface area is 170 Å². The molecule has 0 unspecified atom stereocenters. The van der Waals surface area contributed by atoms with Crippen LogP contribution in [0.1, 0.15) is 16.7 Å². The van der Waals surface area contributed by atoms with Gasteiger partial charge in [-0.3, -0.25) is 0 Å². The third-order valence-corrected chi connectivity index (χ3v) is 5.39. The Kier molecular flexibility index (Phi) is 4.62. The zero-order valence-electron chi connectivity index (χ0n) is 16.0. The molecule has 1 aliphatic rings. The molecule has 1 fully saturated rings. The number of hydrogen-bond donors (Lipinski definition) is 0. The first-order valence-electron chi connectivity index (χ1n) is 9.83. The summed E-state index contributed by atoms with van der Waals surface area (Å²) in [5, 5.41) is 4.78. The van der Waals surface area contributed by atoms with Crippen LogP contribution in [-0.2, 0) is 10.3 Å². The van der Waals surface area contributed by atoms with Gasteiger partial charge in [0.25, 0.3) is 0 Å². The summed E-state index contributed by atoms with van der Waals surface area (Å²) in [4.78, 5) is 0. The number of aromatic nitrogens is 2. The van der Waals surface area contributed by atoms with Crippen LogP contribution in [0.4, 0.5) is 0 Å². The molecule has 0 atom stereocenters. The standard InChI is InChI=1S/C25H22N2O2/c1-4-10-20(11-5-1)25(21-12-6-2-7-13-21,22-14-8-3-9-15-22)27-17-23(16-26-27)29-24-18-28-19-24/h1-17,24H,18-19H2. The van der Waals surface area contributed by atoms with E-state index in [2.05, 4.69) is 72.8 Å². The van der Waals surface area contributed by atoms with Crippen LogP contribution in [0.15, 0.2) is 103 Å². The van der Waals surface area contributed by atoms with Gasteiger partial charge < -0.3 is 9.47 Å². The summed E-state index contributed by atoms with van der Waals surface area (Å²) in [6, 6.07) is 31.5. The Hall–Kier alpha value is -3.37. The van der Waals surface area contributed by atoms with Gasteiger partial charge in [0.15, 0.2) is 5.75 Å². The molecule has 29 heavy (non-hydrogen) atoms. The van der Waals surface area contributed by atoms with Crippen molar-refractivity contribution in [2.75, 3.05) is 13.2 Å². The molecule has 4 aromatic rings. The van der Waals surface area contributed by atoms with Crippen molar-refractivity contribution in [3.63, 3.8) is 0 Å². The zero-order chi connectivity index (χ0) is 19.5. The summed E-state index contributed by atoms with van der Waals surface area (Å²) in [6.07, 6.45) is 3.89. The Bertz CT molecular complexity index is 961. The lowest BCUT2D eigenvalue weighted by Crippen LogP contribution is -2.39. The lowest BCUT2D eigenvalue weighted by Gasteiger charge is -2.36. The Morgan fingerprint density at radius 1 is 0.759 bits per heavy atom. The van der Waals surface area contributed by atoms with Crippen molar-refractivity contribution in [1.29, 1.82) is 0 Å². The predicted molar refractivity (Wildman–Crippen MR) is 112 cm³/mol. The van der Waals surface area contributed by atoms with Crippen molar-refractivity contribution in [3.05, 3.63) is 120 Å². The van der Waals surface area contributed by atoms with Crippen LogP contribution >= 0.6 is 0 Å². The number of hydrogen-bond acceptors (Lipinski definition) is 3. The van der Waals surface area contributed by atoms with Crippen molar-refractivity contribution in [2.45, 2.75) is 11.6 Å². The van der Waals surface area contributed by atoms with Crippen LogP contribution in [0.3, 0.4) is 0 Å². The number of rotatable bonds is 6. The fourth-order valence-corrected chi connectivity index (χ4v) is 3.96. The first-order valence-corrected chi connectivity index (χ1v) is 9.83. The van der Waals surface area contributed by atoms with Crippen LogP contribution < -0.4 is 4.74 Å². The maximum absolute atomic E-state index is 6.03. The highest BCUT2D eigenvalue weighted by Crippen LogP contribution is 2.40. The fourth-order valence-electron chi connectivity index (χ4n) is 3.96. The van der Waals surface area contributed by atoms with Crippen molar-refractivity contribution in [1.82, 2.24) is 9.78 Å². The Balaban J connectivity index is 1.74. The second-order valence-electron chi connectivity index (χ2n) is 7.21. The van der Waals surface area contributed by atoms with Gasteiger partial charge in [-0.05, 0) is 16.7 Å². The third-order valence-electron chi connectivity index (χ3n) is 5.39. The van der Waals surface area contributed by atoms with Crippen LogP contribution in [0.25, 0.3) is 0 Å². The molecule has 4 nitrogen and oxygen atoms in total. The smallest absolute Gasteiger partial charge is 0.157 e. The molecule has 0 radical (unpaired) electrons. The minimum absolute atomic E-state index is 0.104. The largest absolute Gasteiger partial charge is 0.482 e. The summed E-state index contributed by atoms with van der Waals surface area (Å²) < 4.78 is 13.3. The first kappa shape index (κ1) is 17.7. The number of ether oxygens (including phenoxy) is 2. The molecule has 4 heteroatoms. The van der Waals surface area contributed by atoms with Crippen LogP contribution in [0.2, 0.25) is 0 Å². The van der Waals surface area contributed by atoms with E-state index in [-0.39, 0.29) is 6.10 Å². The number of benzene rings is 3. The van der Waals surface area contributed by atoms with E-state index in [1.807, 2.05) is 29.1 Å². The second kappa shape index (κ2) is 7.57. The normalized spacial score (nSPS) is 14.3. The molecule has 5 rings (SSSR count). The highest BCUT2D eigenvalue weighted by Gasteiger charge is 2.39. The molecule has 144 valence electrons. The van der Waals surface area contributed by atoms with E-state index in [1.165, 1.54) is 0 Å². The minimum Gasteiger partial charge on any atom is -0.482 e. The van der Waals surface area contributed by atoms with E-state index >= 15 is 0 Å². The molecule has 2 heterocycles. The fraction of sp³-hybridized carbons (Fsp3) is 0.160. The second-order valence-corrected chi connectivity index (χ2v) is 7.21. The zero-order valence-corrected chi connectivity index (χ0v) is 16.0. The molecule has 1 saturated heterocycles. The van der Waals surface area contributed by atoms with Crippen LogP contribution in [0, 0.1) is 0 Å². The van der Waals surface area contributed by atoms with E-state index in [9.17, 15) is 0 Å². The van der Waals surface area contributed by atoms with Crippen molar-refractivity contribution in [2.24, 2.45) is 0 Å². The minimum atomic E-state index is -0.610. The maximum Gasteiger partial charge on any atom is 0.157 e. The molecule has 0 bridgehead atoms. The third kappa shape index (κ3) is 3.12. The molecule has 3 aromatic carbocycles. The van der Waals surface area contributed by atoms with Gasteiger partial charge >= 0.3 is 0 Å². The van der Waals surface area contributed by atoms with Gasteiger partial charge in [0.05, 0.1) is 25.6 Å². The highest BCUT2D eigenvalue weighted by atomic mass is 16.6. The molecular weight excluding hydrogens is 360 g/mol. The average Bonchev–Trinajstić information content (AvgIpc) is 3.23. The van der Waals surface area contributed by atoms with Gasteiger partial charge in [-0.25, -0.2) is 4.68 Å². The van der Waals surface area contributed by atoms with Crippen LogP contribution in [0.5, 0.6) is 5.75 Å². The first-order chi connectivity index (χ1) is 14.4. The molecule has 0 aliphatic carbocycles. The van der Waals surface area contributed by atoms with E-state index < -0.39 is 5.54 Å². The van der Waals surface area contributed by atoms with Crippen molar-refractivity contribution in [3.8, 4) is 5.75 Å². The molecule has 0 saturated carbocycles. The highest BCUT2D eigenvalue weighted by molar-refractivity contribution is 5.50. The summed E-state index contributed by atoms with van der Waals surface area (Å²) in [5.74, 6) is 0.755. The van der Waals surface area contributed by atoms with Crippen LogP contribution in [-0.4, -0.2) is 29.1 Å². The molecule has 1 aromatic heterocycles. The van der Waals surface area contributed by atoms with E-state index in [1.54, 1.807) is 6.20 Å². The topological polar surface area (TPSA) is 36.3 Å². The van der Waals surface area contributed by atoms with Gasteiger partial charge in [0.2, 0.25) is 0 Å². The monoisotopic (exact) mass is 382 g/mol. The predicted octanol–water partition coefficient (Wildman–Crippen LogP) is 4.50. The molecule has 1 aliphatic heterocycles. The van der Waals surface area contributed by atoms with E-state index in [0.717, 1.165) is 22.4 Å². The molecule has 0 N–H and O–H groups in total. The molecule has 0 amide bonds. The van der Waals surface area contributed by atoms with Crippen molar-refractivity contribution >= 4 is 0 Å². The summed E-state index contributed by atoms with van der Waals surface area (Å²) in [6.45, 7) is 1.26. The lowest BCUT2D eigenvalue weighted by molar-refractivity contribution is -0.0797. The Morgan fingerprint density at radius 3 is 1.66 bits per heavy atom. The maximum atomic E-state index is 6.03. The summed E-state index contributed by atoms with van der Waals surface area (Å²) >= 11 is 0. The molecular formula is C25H22N2O2. The van der Waals surface area contributed by atoms with Crippen molar-refractivity contribution < 1.29 is 9.47 Å². The average molecular weight is 382 g/mol. The van der Waals surface area contributed by atoms with Gasteiger partial charge in [0.1, 0.15) is 11.6 Å². The Morgan fingerprint density at radius 2 is 1.24 bits per heavy atom. The quantitative estimate of drug-likeness (QED) is 0.461. The van der Waals surface area contributed by atoms with Gasteiger partial charge in [-0.15, -0.1) is 0 Å². The van der Waals surface area contributed by atoms with Gasteiger partial charge in [-0.1, -0.05) is 91.0 Å². The molecule has 0 spiro atoms. The summed E-state index contributed by atoms with van der Waals surface area (Å²) in [7, 11) is 0.